The van der Waals surface area contributed by atoms with Gasteiger partial charge in [-0.1, -0.05) is 19.2 Å². The van der Waals surface area contributed by atoms with E-state index in [0.717, 1.165) is 30.0 Å². The maximum atomic E-state index is 14.4. The Morgan fingerprint density at radius 1 is 0.815 bits per heavy atom. The van der Waals surface area contributed by atoms with Crippen molar-refractivity contribution in [1.82, 2.24) is 0 Å². The molecule has 2 rings (SSSR count). The SMILES string of the molecule is C=C(C)C(=O)Sc1ccc(-c2cc(F)c(SC(=O)C(=C)C)c(F)c2)c(F)c1. The predicted molar refractivity (Wildman–Crippen MR) is 103 cm³/mol. The van der Waals surface area contributed by atoms with E-state index in [2.05, 4.69) is 13.2 Å². The zero-order valence-corrected chi connectivity index (χ0v) is 16.2. The van der Waals surface area contributed by atoms with Crippen LogP contribution in [-0.4, -0.2) is 10.2 Å². The van der Waals surface area contributed by atoms with Crippen LogP contribution < -0.4 is 0 Å². The van der Waals surface area contributed by atoms with Gasteiger partial charge < -0.3 is 0 Å². The van der Waals surface area contributed by atoms with Crippen LogP contribution in [0.2, 0.25) is 0 Å². The molecule has 0 aromatic heterocycles. The van der Waals surface area contributed by atoms with Gasteiger partial charge in [0.15, 0.2) is 0 Å². The molecule has 2 nitrogen and oxygen atoms in total. The van der Waals surface area contributed by atoms with Crippen LogP contribution in [0.4, 0.5) is 13.2 Å². The first-order chi connectivity index (χ1) is 12.6. The molecule has 0 saturated heterocycles. The summed E-state index contributed by atoms with van der Waals surface area (Å²) in [4.78, 5) is 23.2. The molecule has 0 amide bonds. The first-order valence-corrected chi connectivity index (χ1v) is 9.27. The van der Waals surface area contributed by atoms with Gasteiger partial charge in [0.1, 0.15) is 17.5 Å². The normalized spacial score (nSPS) is 10.6. The molecule has 0 saturated carbocycles. The minimum Gasteiger partial charge on any atom is -0.282 e. The summed E-state index contributed by atoms with van der Waals surface area (Å²) in [5, 5.41) is -0.863. The Morgan fingerprint density at radius 2 is 1.33 bits per heavy atom. The Labute approximate surface area is 163 Å². The lowest BCUT2D eigenvalue weighted by Crippen LogP contribution is -1.97. The third kappa shape index (κ3) is 5.14. The van der Waals surface area contributed by atoms with Crippen LogP contribution in [0.3, 0.4) is 0 Å². The van der Waals surface area contributed by atoms with Crippen molar-refractivity contribution in [3.63, 3.8) is 0 Å². The summed E-state index contributed by atoms with van der Waals surface area (Å²) < 4.78 is 42.9. The number of carbonyl (C=O) groups excluding carboxylic acids is 2. The highest BCUT2D eigenvalue weighted by Crippen LogP contribution is 2.34. The van der Waals surface area contributed by atoms with Crippen LogP contribution in [0.15, 0.2) is 64.4 Å². The Hall–Kier alpha value is -2.25. The molecule has 0 heterocycles. The first kappa shape index (κ1) is 21.1. The number of hydrogen-bond donors (Lipinski definition) is 0. The molecule has 0 bridgehead atoms. The van der Waals surface area contributed by atoms with Crippen LogP contribution in [-0.2, 0) is 9.59 Å². The fraction of sp³-hybridized carbons (Fsp3) is 0.100. The molecule has 0 radical (unpaired) electrons. The van der Waals surface area contributed by atoms with Gasteiger partial charge in [-0.15, -0.1) is 0 Å². The second kappa shape index (κ2) is 8.63. The Morgan fingerprint density at radius 3 is 1.81 bits per heavy atom. The first-order valence-electron chi connectivity index (χ1n) is 7.64. The quantitative estimate of drug-likeness (QED) is 0.438. The number of hydrogen-bond acceptors (Lipinski definition) is 4. The minimum absolute atomic E-state index is 0.0163. The molecule has 0 unspecified atom stereocenters. The molecule has 0 fully saturated rings. The predicted octanol–water partition coefficient (Wildman–Crippen LogP) is 6.16. The van der Waals surface area contributed by atoms with Gasteiger partial charge in [0.05, 0.1) is 4.90 Å². The average molecular weight is 408 g/mol. The molecule has 140 valence electrons. The summed E-state index contributed by atoms with van der Waals surface area (Å²) in [5.41, 5.74) is 0.442. The van der Waals surface area contributed by atoms with Gasteiger partial charge in [0.2, 0.25) is 10.2 Å². The number of rotatable bonds is 5. The van der Waals surface area contributed by atoms with E-state index in [0.29, 0.717) is 22.2 Å². The van der Waals surface area contributed by atoms with Gasteiger partial charge in [-0.05, 0) is 78.3 Å². The summed E-state index contributed by atoms with van der Waals surface area (Å²) in [5.74, 6) is -2.67. The average Bonchev–Trinajstić information content (AvgIpc) is 2.57. The van der Waals surface area contributed by atoms with Gasteiger partial charge in [0, 0.05) is 10.5 Å². The van der Waals surface area contributed by atoms with E-state index in [1.165, 1.54) is 19.1 Å². The molecule has 2 aromatic rings. The van der Waals surface area contributed by atoms with Crippen molar-refractivity contribution in [3.05, 3.63) is 72.1 Å². The van der Waals surface area contributed by atoms with Crippen molar-refractivity contribution < 1.29 is 22.8 Å². The van der Waals surface area contributed by atoms with Crippen LogP contribution in [0.1, 0.15) is 13.8 Å². The summed E-state index contributed by atoms with van der Waals surface area (Å²) in [7, 11) is 0. The number of halogens is 3. The zero-order valence-electron chi connectivity index (χ0n) is 14.6. The topological polar surface area (TPSA) is 34.1 Å². The van der Waals surface area contributed by atoms with Crippen molar-refractivity contribution in [2.45, 2.75) is 23.6 Å². The Kier molecular flexibility index (Phi) is 6.73. The van der Waals surface area contributed by atoms with Crippen LogP contribution in [0.25, 0.3) is 11.1 Å². The van der Waals surface area contributed by atoms with Crippen molar-refractivity contribution in [1.29, 1.82) is 0 Å². The van der Waals surface area contributed by atoms with Gasteiger partial charge >= 0.3 is 0 Å². The van der Waals surface area contributed by atoms with E-state index in [-0.39, 0.29) is 21.8 Å². The van der Waals surface area contributed by atoms with Crippen molar-refractivity contribution in [2.75, 3.05) is 0 Å². The van der Waals surface area contributed by atoms with E-state index < -0.39 is 27.5 Å². The number of thioether (sulfide) groups is 2. The van der Waals surface area contributed by atoms with Crippen molar-refractivity contribution >= 4 is 33.8 Å². The molecule has 0 aliphatic rings. The van der Waals surface area contributed by atoms with Crippen molar-refractivity contribution in [3.8, 4) is 11.1 Å². The molecule has 0 aliphatic heterocycles. The number of benzene rings is 2. The molecular formula is C20H15F3O2S2. The third-order valence-electron chi connectivity index (χ3n) is 3.35. The monoisotopic (exact) mass is 408 g/mol. The molecule has 7 heteroatoms. The molecule has 0 spiro atoms. The lowest BCUT2D eigenvalue weighted by atomic mass is 10.0. The van der Waals surface area contributed by atoms with Gasteiger partial charge in [-0.2, -0.15) is 0 Å². The maximum Gasteiger partial charge on any atom is 0.219 e. The van der Waals surface area contributed by atoms with E-state index in [1.807, 2.05) is 0 Å². The zero-order chi connectivity index (χ0) is 20.3. The molecule has 2 aromatic carbocycles. The third-order valence-corrected chi connectivity index (χ3v) is 5.50. The van der Waals surface area contributed by atoms with Crippen LogP contribution >= 0.6 is 23.5 Å². The number of carbonyl (C=O) groups is 2. The maximum absolute atomic E-state index is 14.4. The molecule has 0 N–H and O–H groups in total. The molecule has 0 aliphatic carbocycles. The molecular weight excluding hydrogens is 393 g/mol. The second-order valence-electron chi connectivity index (χ2n) is 5.75. The smallest absolute Gasteiger partial charge is 0.219 e. The second-order valence-corrected chi connectivity index (χ2v) is 7.78. The summed E-state index contributed by atoms with van der Waals surface area (Å²) in [6, 6.07) is 5.85. The lowest BCUT2D eigenvalue weighted by Gasteiger charge is -2.09. The standard InChI is InChI=1S/C20H15F3O2S2/c1-10(2)19(24)26-13-5-6-14(15(21)9-13)12-7-16(22)18(17(23)8-12)27-20(25)11(3)4/h5-9H,1,3H2,2,4H3. The van der Waals surface area contributed by atoms with Gasteiger partial charge in [0.25, 0.3) is 0 Å². The van der Waals surface area contributed by atoms with E-state index >= 15 is 0 Å². The van der Waals surface area contributed by atoms with Crippen molar-refractivity contribution in [2.24, 2.45) is 0 Å². The van der Waals surface area contributed by atoms with E-state index in [4.69, 9.17) is 0 Å². The lowest BCUT2D eigenvalue weighted by molar-refractivity contribution is -0.108. The highest BCUT2D eigenvalue weighted by Gasteiger charge is 2.18. The van der Waals surface area contributed by atoms with Gasteiger partial charge in [-0.3, -0.25) is 9.59 Å². The minimum atomic E-state index is -0.972. The van der Waals surface area contributed by atoms with Gasteiger partial charge in [-0.25, -0.2) is 13.2 Å². The van der Waals surface area contributed by atoms with E-state index in [9.17, 15) is 22.8 Å². The largest absolute Gasteiger partial charge is 0.282 e. The fourth-order valence-electron chi connectivity index (χ4n) is 1.98. The fourth-order valence-corrected chi connectivity index (χ4v) is 3.34. The highest BCUT2D eigenvalue weighted by atomic mass is 32.2. The van der Waals surface area contributed by atoms with Crippen LogP contribution in [0, 0.1) is 17.5 Å². The summed E-state index contributed by atoms with van der Waals surface area (Å²) in [6.07, 6.45) is 0. The summed E-state index contributed by atoms with van der Waals surface area (Å²) in [6.45, 7) is 9.93. The molecule has 27 heavy (non-hydrogen) atoms. The molecule has 0 atom stereocenters. The highest BCUT2D eigenvalue weighted by molar-refractivity contribution is 8.14. The van der Waals surface area contributed by atoms with E-state index in [1.54, 1.807) is 6.92 Å². The summed E-state index contributed by atoms with van der Waals surface area (Å²) >= 11 is 1.21. The Bertz CT molecular complexity index is 945. The van der Waals surface area contributed by atoms with Crippen LogP contribution in [0.5, 0.6) is 0 Å². The Balaban J connectivity index is 2.36.